The predicted molar refractivity (Wildman–Crippen MR) is 75.0 cm³/mol. The van der Waals surface area contributed by atoms with Crippen molar-refractivity contribution in [2.45, 2.75) is 18.8 Å². The number of anilines is 2. The zero-order valence-corrected chi connectivity index (χ0v) is 10.9. The first kappa shape index (κ1) is 11.5. The summed E-state index contributed by atoms with van der Waals surface area (Å²) in [5, 5.41) is 2.75. The van der Waals surface area contributed by atoms with Crippen molar-refractivity contribution in [2.75, 3.05) is 23.7 Å². The number of thiazole rings is 1. The van der Waals surface area contributed by atoms with Gasteiger partial charge < -0.3 is 10.6 Å². The molecular formula is C13H16N4S. The van der Waals surface area contributed by atoms with Crippen LogP contribution >= 0.6 is 11.3 Å². The van der Waals surface area contributed by atoms with Crippen molar-refractivity contribution in [3.63, 3.8) is 0 Å². The third-order valence-corrected chi connectivity index (χ3v) is 4.04. The quantitative estimate of drug-likeness (QED) is 0.901. The summed E-state index contributed by atoms with van der Waals surface area (Å²) in [5.41, 5.74) is 6.85. The van der Waals surface area contributed by atoms with Crippen molar-refractivity contribution < 1.29 is 0 Å². The summed E-state index contributed by atoms with van der Waals surface area (Å²) in [6, 6.07) is 6.05. The Balaban J connectivity index is 1.76. The molecule has 2 N–H and O–H groups in total. The normalized spacial score (nSPS) is 20.0. The second-order valence-corrected chi connectivity index (χ2v) is 5.47. The van der Waals surface area contributed by atoms with Crippen molar-refractivity contribution in [3.8, 4) is 0 Å². The third kappa shape index (κ3) is 2.31. The number of nitrogens with zero attached hydrogens (tertiary/aromatic N) is 3. The summed E-state index contributed by atoms with van der Waals surface area (Å²) in [4.78, 5) is 11.2. The fourth-order valence-electron chi connectivity index (χ4n) is 2.46. The first-order valence-corrected chi connectivity index (χ1v) is 7.08. The van der Waals surface area contributed by atoms with E-state index in [0.717, 1.165) is 24.6 Å². The van der Waals surface area contributed by atoms with Crippen molar-refractivity contribution in [2.24, 2.45) is 0 Å². The first-order chi connectivity index (χ1) is 8.83. The molecule has 3 rings (SSSR count). The van der Waals surface area contributed by atoms with Crippen LogP contribution in [0.25, 0.3) is 0 Å². The van der Waals surface area contributed by atoms with Crippen LogP contribution in [0.4, 0.5) is 10.9 Å². The Morgan fingerprint density at radius 2 is 2.33 bits per heavy atom. The summed E-state index contributed by atoms with van der Waals surface area (Å²) in [7, 11) is 0. The Labute approximate surface area is 110 Å². The first-order valence-electron chi connectivity index (χ1n) is 6.20. The van der Waals surface area contributed by atoms with E-state index in [1.54, 1.807) is 0 Å². The minimum Gasteiger partial charge on any atom is -0.375 e. The third-order valence-electron chi connectivity index (χ3n) is 3.35. The Kier molecular flexibility index (Phi) is 3.15. The van der Waals surface area contributed by atoms with Crippen LogP contribution in [-0.4, -0.2) is 23.1 Å². The molecule has 0 aliphatic carbocycles. The lowest BCUT2D eigenvalue weighted by molar-refractivity contribution is 0.500. The molecule has 0 spiro atoms. The van der Waals surface area contributed by atoms with E-state index in [2.05, 4.69) is 26.3 Å². The van der Waals surface area contributed by atoms with Gasteiger partial charge in [-0.25, -0.2) is 9.97 Å². The highest BCUT2D eigenvalue weighted by atomic mass is 32.1. The standard InChI is InChI=1S/C13H16N4S/c14-13-16-11(9-18-13)10-4-3-7-17(8-10)12-5-1-2-6-15-12/h1-2,5-6,9-10H,3-4,7-8H2,(H2,14,16)/t10-/m1/s1. The van der Waals surface area contributed by atoms with Crippen molar-refractivity contribution in [1.29, 1.82) is 0 Å². The maximum absolute atomic E-state index is 5.71. The van der Waals surface area contributed by atoms with Crippen LogP contribution in [0.3, 0.4) is 0 Å². The molecule has 2 aromatic heterocycles. The highest BCUT2D eigenvalue weighted by Crippen LogP contribution is 2.30. The Morgan fingerprint density at radius 1 is 1.39 bits per heavy atom. The summed E-state index contributed by atoms with van der Waals surface area (Å²) in [6.45, 7) is 2.06. The van der Waals surface area contributed by atoms with Gasteiger partial charge >= 0.3 is 0 Å². The van der Waals surface area contributed by atoms with Crippen LogP contribution < -0.4 is 10.6 Å². The number of pyridine rings is 1. The van der Waals surface area contributed by atoms with Crippen LogP contribution in [-0.2, 0) is 0 Å². The fraction of sp³-hybridized carbons (Fsp3) is 0.385. The van der Waals surface area contributed by atoms with Gasteiger partial charge in [0.25, 0.3) is 0 Å². The highest BCUT2D eigenvalue weighted by Gasteiger charge is 2.23. The van der Waals surface area contributed by atoms with Gasteiger partial charge in [0.05, 0.1) is 5.69 Å². The number of piperidine rings is 1. The number of hydrogen-bond donors (Lipinski definition) is 1. The van der Waals surface area contributed by atoms with Gasteiger partial charge in [0.15, 0.2) is 5.13 Å². The number of aromatic nitrogens is 2. The molecule has 2 aromatic rings. The van der Waals surface area contributed by atoms with E-state index in [9.17, 15) is 0 Å². The van der Waals surface area contributed by atoms with Crippen molar-refractivity contribution in [3.05, 3.63) is 35.5 Å². The van der Waals surface area contributed by atoms with Gasteiger partial charge in [-0.3, -0.25) is 0 Å². The zero-order chi connectivity index (χ0) is 12.4. The molecule has 1 fully saturated rings. The fourth-order valence-corrected chi connectivity index (χ4v) is 3.10. The summed E-state index contributed by atoms with van der Waals surface area (Å²) >= 11 is 1.53. The molecule has 0 amide bonds. The van der Waals surface area contributed by atoms with E-state index in [1.165, 1.54) is 24.2 Å². The van der Waals surface area contributed by atoms with Crippen molar-refractivity contribution >= 4 is 22.3 Å². The molecule has 0 aromatic carbocycles. The second-order valence-electron chi connectivity index (χ2n) is 4.58. The smallest absolute Gasteiger partial charge is 0.180 e. The van der Waals surface area contributed by atoms with Crippen LogP contribution in [0.15, 0.2) is 29.8 Å². The minimum absolute atomic E-state index is 0.481. The number of nitrogen functional groups attached to an aromatic ring is 1. The van der Waals surface area contributed by atoms with E-state index in [4.69, 9.17) is 5.73 Å². The van der Waals surface area contributed by atoms with Gasteiger partial charge in [-0.2, -0.15) is 0 Å². The number of hydrogen-bond acceptors (Lipinski definition) is 5. The van der Waals surface area contributed by atoms with Gasteiger partial charge in [0.2, 0.25) is 0 Å². The lowest BCUT2D eigenvalue weighted by Gasteiger charge is -2.32. The summed E-state index contributed by atoms with van der Waals surface area (Å²) in [6.07, 6.45) is 4.21. The van der Waals surface area contributed by atoms with Gasteiger partial charge in [-0.15, -0.1) is 11.3 Å². The molecule has 4 nitrogen and oxygen atoms in total. The van der Waals surface area contributed by atoms with Gasteiger partial charge in [-0.1, -0.05) is 6.07 Å². The Hall–Kier alpha value is -1.62. The molecule has 1 saturated heterocycles. The molecule has 0 radical (unpaired) electrons. The lowest BCUT2D eigenvalue weighted by atomic mass is 9.95. The van der Waals surface area contributed by atoms with E-state index < -0.39 is 0 Å². The van der Waals surface area contributed by atoms with Gasteiger partial charge in [0.1, 0.15) is 5.82 Å². The van der Waals surface area contributed by atoms with E-state index in [-0.39, 0.29) is 0 Å². The molecule has 18 heavy (non-hydrogen) atoms. The average Bonchev–Trinajstić information content (AvgIpc) is 2.87. The Morgan fingerprint density at radius 3 is 3.06 bits per heavy atom. The summed E-state index contributed by atoms with van der Waals surface area (Å²) < 4.78 is 0. The predicted octanol–water partition coefficient (Wildman–Crippen LogP) is 2.50. The molecule has 0 bridgehead atoms. The van der Waals surface area contributed by atoms with Crippen LogP contribution in [0.2, 0.25) is 0 Å². The zero-order valence-electron chi connectivity index (χ0n) is 10.1. The number of nitrogens with two attached hydrogens (primary N) is 1. The van der Waals surface area contributed by atoms with Crippen LogP contribution in [0, 0.1) is 0 Å². The average molecular weight is 260 g/mol. The largest absolute Gasteiger partial charge is 0.375 e. The van der Waals surface area contributed by atoms with E-state index >= 15 is 0 Å². The maximum Gasteiger partial charge on any atom is 0.180 e. The van der Waals surface area contributed by atoms with Gasteiger partial charge in [-0.05, 0) is 25.0 Å². The molecule has 1 aliphatic heterocycles. The van der Waals surface area contributed by atoms with Crippen molar-refractivity contribution in [1.82, 2.24) is 9.97 Å². The molecular weight excluding hydrogens is 244 g/mol. The highest BCUT2D eigenvalue weighted by molar-refractivity contribution is 7.13. The number of rotatable bonds is 2. The summed E-state index contributed by atoms with van der Waals surface area (Å²) in [5.74, 6) is 1.54. The van der Waals surface area contributed by atoms with E-state index in [0.29, 0.717) is 11.0 Å². The topological polar surface area (TPSA) is 55.0 Å². The minimum atomic E-state index is 0.481. The SMILES string of the molecule is Nc1nc([C@@H]2CCCN(c3ccccn3)C2)cs1. The molecule has 5 heteroatoms. The molecule has 0 saturated carbocycles. The second kappa shape index (κ2) is 4.94. The van der Waals surface area contributed by atoms with Crippen LogP contribution in [0.1, 0.15) is 24.5 Å². The van der Waals surface area contributed by atoms with Gasteiger partial charge in [0, 0.05) is 30.6 Å². The monoisotopic (exact) mass is 260 g/mol. The molecule has 1 aliphatic rings. The molecule has 94 valence electrons. The Bertz CT molecular complexity index is 511. The maximum atomic E-state index is 5.71. The van der Waals surface area contributed by atoms with E-state index in [1.807, 2.05) is 18.3 Å². The van der Waals surface area contributed by atoms with Crippen LogP contribution in [0.5, 0.6) is 0 Å². The lowest BCUT2D eigenvalue weighted by Crippen LogP contribution is -2.34. The molecule has 0 unspecified atom stereocenters. The molecule has 1 atom stereocenters. The molecule has 3 heterocycles.